The molecule has 0 spiro atoms. The highest BCUT2D eigenvalue weighted by atomic mass is 79.9. The second-order valence-corrected chi connectivity index (χ2v) is 5.53. The third-order valence-electron chi connectivity index (χ3n) is 3.38. The van der Waals surface area contributed by atoms with Gasteiger partial charge in [-0.1, -0.05) is 22.0 Å². The topological polar surface area (TPSA) is 42.1 Å². The molecule has 1 aromatic heterocycles. The first-order valence-electron chi connectivity index (χ1n) is 6.18. The van der Waals surface area contributed by atoms with Gasteiger partial charge in [-0.25, -0.2) is 0 Å². The first kappa shape index (κ1) is 11.9. The van der Waals surface area contributed by atoms with Crippen molar-refractivity contribution < 1.29 is 9.53 Å². The molecule has 94 valence electrons. The highest BCUT2D eigenvalue weighted by molar-refractivity contribution is 9.10. The fourth-order valence-corrected chi connectivity index (χ4v) is 2.78. The molecule has 18 heavy (non-hydrogen) atoms. The quantitative estimate of drug-likeness (QED) is 0.860. The van der Waals surface area contributed by atoms with E-state index in [1.165, 1.54) is 0 Å². The van der Waals surface area contributed by atoms with Crippen LogP contribution in [0.3, 0.4) is 0 Å². The summed E-state index contributed by atoms with van der Waals surface area (Å²) in [6.45, 7) is 0.699. The van der Waals surface area contributed by atoms with Crippen LogP contribution in [0.2, 0.25) is 0 Å². The number of hydrogen-bond acceptors (Lipinski definition) is 2. The molecule has 0 amide bonds. The maximum absolute atomic E-state index is 12.4. The summed E-state index contributed by atoms with van der Waals surface area (Å²) in [7, 11) is 0. The molecule has 1 unspecified atom stereocenters. The van der Waals surface area contributed by atoms with Crippen LogP contribution in [0.4, 0.5) is 0 Å². The van der Waals surface area contributed by atoms with Crippen LogP contribution in [0.5, 0.6) is 0 Å². The van der Waals surface area contributed by atoms with Crippen LogP contribution >= 0.6 is 15.9 Å². The van der Waals surface area contributed by atoms with Crippen molar-refractivity contribution in [3.8, 4) is 0 Å². The molecule has 1 aromatic carbocycles. The lowest BCUT2D eigenvalue weighted by Crippen LogP contribution is -2.28. The Kier molecular flexibility index (Phi) is 3.22. The number of rotatable bonds is 2. The van der Waals surface area contributed by atoms with E-state index in [4.69, 9.17) is 4.74 Å². The maximum atomic E-state index is 12.4. The minimum Gasteiger partial charge on any atom is -0.370 e. The van der Waals surface area contributed by atoms with Gasteiger partial charge in [0.1, 0.15) is 6.10 Å². The Morgan fingerprint density at radius 1 is 1.39 bits per heavy atom. The van der Waals surface area contributed by atoms with Crippen molar-refractivity contribution in [2.24, 2.45) is 0 Å². The van der Waals surface area contributed by atoms with Crippen LogP contribution in [0.25, 0.3) is 10.9 Å². The molecule has 1 saturated heterocycles. The lowest BCUT2D eigenvalue weighted by Gasteiger charge is -2.20. The van der Waals surface area contributed by atoms with Gasteiger partial charge in [0.15, 0.2) is 5.78 Å². The molecular weight excluding hydrogens is 294 g/mol. The number of fused-ring (bicyclic) bond motifs is 1. The SMILES string of the molecule is O=C(c1c[nH]c2cc(Br)ccc12)C1CCCCO1. The average Bonchev–Trinajstić information content (AvgIpc) is 2.81. The molecule has 1 fully saturated rings. The summed E-state index contributed by atoms with van der Waals surface area (Å²) >= 11 is 3.43. The molecule has 0 aliphatic carbocycles. The Balaban J connectivity index is 1.96. The van der Waals surface area contributed by atoms with Gasteiger partial charge >= 0.3 is 0 Å². The highest BCUT2D eigenvalue weighted by Gasteiger charge is 2.25. The van der Waals surface area contributed by atoms with Gasteiger partial charge in [0.25, 0.3) is 0 Å². The van der Waals surface area contributed by atoms with Gasteiger partial charge in [0.2, 0.25) is 0 Å². The first-order valence-corrected chi connectivity index (χ1v) is 6.97. The number of carbonyl (C=O) groups is 1. The standard InChI is InChI=1S/C14H14BrNO2/c15-9-4-5-10-11(8-16-12(10)7-9)14(17)13-3-1-2-6-18-13/h4-5,7-8,13,16H,1-3,6H2. The van der Waals surface area contributed by atoms with Crippen LogP contribution in [-0.2, 0) is 4.74 Å². The van der Waals surface area contributed by atoms with E-state index in [1.54, 1.807) is 6.20 Å². The molecule has 3 rings (SSSR count). The lowest BCUT2D eigenvalue weighted by molar-refractivity contribution is 0.0188. The van der Waals surface area contributed by atoms with E-state index < -0.39 is 0 Å². The number of aromatic nitrogens is 1. The van der Waals surface area contributed by atoms with Gasteiger partial charge in [0, 0.05) is 33.7 Å². The minimum absolute atomic E-state index is 0.100. The van der Waals surface area contributed by atoms with E-state index in [1.807, 2.05) is 18.2 Å². The van der Waals surface area contributed by atoms with E-state index in [2.05, 4.69) is 20.9 Å². The summed E-state index contributed by atoms with van der Waals surface area (Å²) in [5.74, 6) is 0.100. The Morgan fingerprint density at radius 2 is 2.28 bits per heavy atom. The highest BCUT2D eigenvalue weighted by Crippen LogP contribution is 2.25. The number of hydrogen-bond donors (Lipinski definition) is 1. The number of Topliss-reactive ketones (excluding diaryl/α,β-unsaturated/α-hetero) is 1. The van der Waals surface area contributed by atoms with Gasteiger partial charge < -0.3 is 9.72 Å². The van der Waals surface area contributed by atoms with E-state index in [0.717, 1.165) is 40.2 Å². The molecule has 1 aliphatic rings. The van der Waals surface area contributed by atoms with Crippen LogP contribution in [0.1, 0.15) is 29.6 Å². The summed E-state index contributed by atoms with van der Waals surface area (Å²) < 4.78 is 6.57. The summed E-state index contributed by atoms with van der Waals surface area (Å²) in [5, 5.41) is 0.970. The normalized spacial score (nSPS) is 20.2. The monoisotopic (exact) mass is 307 g/mol. The van der Waals surface area contributed by atoms with E-state index in [-0.39, 0.29) is 11.9 Å². The zero-order chi connectivity index (χ0) is 12.5. The largest absolute Gasteiger partial charge is 0.370 e. The predicted octanol–water partition coefficient (Wildman–Crippen LogP) is 3.68. The Labute approximate surface area is 114 Å². The molecule has 1 aliphatic heterocycles. The molecule has 0 bridgehead atoms. The second kappa shape index (κ2) is 4.86. The number of ketones is 1. The summed E-state index contributed by atoms with van der Waals surface area (Å²) in [5.41, 5.74) is 1.72. The van der Waals surface area contributed by atoms with Crippen molar-refractivity contribution in [1.29, 1.82) is 0 Å². The summed E-state index contributed by atoms with van der Waals surface area (Å²) in [6, 6.07) is 5.90. The fraction of sp³-hybridized carbons (Fsp3) is 0.357. The lowest BCUT2D eigenvalue weighted by atomic mass is 9.99. The molecule has 3 nitrogen and oxygen atoms in total. The average molecular weight is 308 g/mol. The predicted molar refractivity (Wildman–Crippen MR) is 73.9 cm³/mol. The smallest absolute Gasteiger partial charge is 0.193 e. The summed E-state index contributed by atoms with van der Waals surface area (Å²) in [6.07, 6.45) is 4.50. The van der Waals surface area contributed by atoms with Gasteiger partial charge in [0.05, 0.1) is 0 Å². The third kappa shape index (κ3) is 2.10. The molecule has 0 radical (unpaired) electrons. The molecule has 0 saturated carbocycles. The number of nitrogens with one attached hydrogen (secondary N) is 1. The van der Waals surface area contributed by atoms with Crippen LogP contribution < -0.4 is 0 Å². The molecule has 2 heterocycles. The Bertz CT molecular complexity index is 584. The van der Waals surface area contributed by atoms with Crippen LogP contribution in [0, 0.1) is 0 Å². The second-order valence-electron chi connectivity index (χ2n) is 4.61. The zero-order valence-corrected chi connectivity index (χ0v) is 11.5. The summed E-state index contributed by atoms with van der Waals surface area (Å²) in [4.78, 5) is 15.5. The van der Waals surface area contributed by atoms with Crippen molar-refractivity contribution >= 4 is 32.6 Å². The minimum atomic E-state index is -0.263. The third-order valence-corrected chi connectivity index (χ3v) is 3.87. The van der Waals surface area contributed by atoms with Crippen molar-refractivity contribution in [3.05, 3.63) is 34.4 Å². The molecule has 1 N–H and O–H groups in total. The maximum Gasteiger partial charge on any atom is 0.193 e. The number of ether oxygens (including phenoxy) is 1. The fourth-order valence-electron chi connectivity index (χ4n) is 2.42. The van der Waals surface area contributed by atoms with Crippen molar-refractivity contribution in [3.63, 3.8) is 0 Å². The van der Waals surface area contributed by atoms with Crippen molar-refractivity contribution in [2.75, 3.05) is 6.61 Å². The molecule has 4 heteroatoms. The number of halogens is 1. The Hall–Kier alpha value is -1.13. The van der Waals surface area contributed by atoms with Crippen molar-refractivity contribution in [1.82, 2.24) is 4.98 Å². The first-order chi connectivity index (χ1) is 8.75. The molecule has 1 atom stereocenters. The number of benzene rings is 1. The van der Waals surface area contributed by atoms with Crippen molar-refractivity contribution in [2.45, 2.75) is 25.4 Å². The van der Waals surface area contributed by atoms with Gasteiger partial charge in [-0.15, -0.1) is 0 Å². The van der Waals surface area contributed by atoms with Gasteiger partial charge in [-0.3, -0.25) is 4.79 Å². The van der Waals surface area contributed by atoms with Crippen LogP contribution in [0.15, 0.2) is 28.9 Å². The van der Waals surface area contributed by atoms with Crippen LogP contribution in [-0.4, -0.2) is 23.5 Å². The number of carbonyl (C=O) groups excluding carboxylic acids is 1. The zero-order valence-electron chi connectivity index (χ0n) is 9.91. The number of aromatic amines is 1. The van der Waals surface area contributed by atoms with E-state index in [0.29, 0.717) is 6.61 Å². The number of H-pyrrole nitrogens is 1. The van der Waals surface area contributed by atoms with Gasteiger partial charge in [-0.2, -0.15) is 0 Å². The Morgan fingerprint density at radius 3 is 3.06 bits per heavy atom. The molecule has 2 aromatic rings. The van der Waals surface area contributed by atoms with E-state index >= 15 is 0 Å². The molecular formula is C14H14BrNO2. The van der Waals surface area contributed by atoms with E-state index in [9.17, 15) is 4.79 Å². The van der Waals surface area contributed by atoms with Gasteiger partial charge in [-0.05, 0) is 31.4 Å².